The van der Waals surface area contributed by atoms with E-state index in [1.807, 2.05) is 0 Å². The maximum atomic E-state index is 11.0. The molecule has 2 rings (SSSR count). The van der Waals surface area contributed by atoms with Gasteiger partial charge >= 0.3 is 0 Å². The first-order valence-corrected chi connectivity index (χ1v) is 5.97. The Morgan fingerprint density at radius 3 is 2.55 bits per heavy atom. The number of nitro groups is 1. The Morgan fingerprint density at radius 2 is 2.00 bits per heavy atom. The number of nitrogens with two attached hydrogens (primary N) is 2. The lowest BCUT2D eigenvalue weighted by molar-refractivity contribution is -0.385. The fourth-order valence-corrected chi connectivity index (χ4v) is 2.18. The number of rotatable bonds is 2. The van der Waals surface area contributed by atoms with E-state index < -0.39 is 10.6 Å². The van der Waals surface area contributed by atoms with Crippen LogP contribution in [-0.2, 0) is 0 Å². The molecule has 0 saturated carbocycles. The predicted molar refractivity (Wildman–Crippen MR) is 77.6 cm³/mol. The van der Waals surface area contributed by atoms with Crippen molar-refractivity contribution in [2.24, 2.45) is 21.5 Å². The third-order valence-corrected chi connectivity index (χ3v) is 3.04. The lowest BCUT2D eigenvalue weighted by Crippen LogP contribution is -2.54. The number of nitro benzene ring substituents is 1. The summed E-state index contributed by atoms with van der Waals surface area (Å²) in [4.78, 5) is 20.3. The van der Waals surface area contributed by atoms with Crippen LogP contribution < -0.4 is 16.4 Å². The van der Waals surface area contributed by atoms with Crippen molar-refractivity contribution in [3.63, 3.8) is 0 Å². The summed E-state index contributed by atoms with van der Waals surface area (Å²) < 4.78 is 0. The van der Waals surface area contributed by atoms with Gasteiger partial charge in [-0.05, 0) is 26.8 Å². The second-order valence-electron chi connectivity index (χ2n) is 5.00. The molecule has 20 heavy (non-hydrogen) atoms. The zero-order valence-corrected chi connectivity index (χ0v) is 11.5. The molecule has 0 saturated heterocycles. The molecule has 0 atom stereocenters. The first-order chi connectivity index (χ1) is 9.22. The van der Waals surface area contributed by atoms with Gasteiger partial charge in [0.15, 0.2) is 0 Å². The van der Waals surface area contributed by atoms with Crippen molar-refractivity contribution in [3.05, 3.63) is 33.9 Å². The van der Waals surface area contributed by atoms with E-state index in [1.54, 1.807) is 37.8 Å². The zero-order chi connectivity index (χ0) is 15.1. The molecule has 4 N–H and O–H groups in total. The molecule has 0 aliphatic carbocycles. The normalized spacial score (nSPS) is 17.4. The molecule has 1 aliphatic heterocycles. The minimum absolute atomic E-state index is 0.0219. The van der Waals surface area contributed by atoms with Gasteiger partial charge in [-0.25, -0.2) is 4.99 Å². The molecule has 1 aliphatic rings. The van der Waals surface area contributed by atoms with Gasteiger partial charge in [0.05, 0.1) is 10.6 Å². The summed E-state index contributed by atoms with van der Waals surface area (Å²) in [7, 11) is 0. The highest BCUT2D eigenvalue weighted by Gasteiger charge is 2.33. The number of anilines is 1. The van der Waals surface area contributed by atoms with Gasteiger partial charge in [0.1, 0.15) is 5.66 Å². The molecule has 0 bridgehead atoms. The number of hydrogen-bond donors (Lipinski definition) is 2. The standard InChI is InChI=1S/C12H16N6O2/c1-7-4-5-8(6-9(7)18(19)20)17-11(14)15-10(13)16-12(17,2)3/h4-6H,1-3H3,(H4,13,14,15,16). The molecule has 0 aromatic heterocycles. The molecular weight excluding hydrogens is 260 g/mol. The van der Waals surface area contributed by atoms with Crippen LogP contribution in [-0.4, -0.2) is 22.5 Å². The highest BCUT2D eigenvalue weighted by atomic mass is 16.6. The Morgan fingerprint density at radius 1 is 1.35 bits per heavy atom. The van der Waals surface area contributed by atoms with Crippen molar-refractivity contribution in [3.8, 4) is 0 Å². The average molecular weight is 276 g/mol. The molecule has 0 unspecified atom stereocenters. The van der Waals surface area contributed by atoms with Gasteiger partial charge in [0.2, 0.25) is 11.9 Å². The fraction of sp³-hybridized carbons (Fsp3) is 0.333. The third kappa shape index (κ3) is 2.27. The predicted octanol–water partition coefficient (Wildman–Crippen LogP) is 1.09. The van der Waals surface area contributed by atoms with Crippen molar-refractivity contribution < 1.29 is 4.92 Å². The second-order valence-corrected chi connectivity index (χ2v) is 5.00. The van der Waals surface area contributed by atoms with Gasteiger partial charge < -0.3 is 11.5 Å². The SMILES string of the molecule is Cc1ccc(N2C(N)=NC(N)=NC2(C)C)cc1[N+](=O)[O-]. The quantitative estimate of drug-likeness (QED) is 0.618. The van der Waals surface area contributed by atoms with E-state index in [9.17, 15) is 10.1 Å². The number of aliphatic imine (C=N–C) groups is 2. The number of hydrogen-bond acceptors (Lipinski definition) is 7. The van der Waals surface area contributed by atoms with Crippen LogP contribution in [0.25, 0.3) is 0 Å². The summed E-state index contributed by atoms with van der Waals surface area (Å²) in [5, 5.41) is 11.0. The maximum Gasteiger partial charge on any atom is 0.274 e. The van der Waals surface area contributed by atoms with E-state index in [4.69, 9.17) is 11.5 Å². The Hall–Kier alpha value is -2.64. The van der Waals surface area contributed by atoms with Crippen LogP contribution in [0.5, 0.6) is 0 Å². The monoisotopic (exact) mass is 276 g/mol. The molecule has 0 radical (unpaired) electrons. The number of nitrogens with zero attached hydrogens (tertiary/aromatic N) is 4. The van der Waals surface area contributed by atoms with Crippen molar-refractivity contribution >= 4 is 23.3 Å². The highest BCUT2D eigenvalue weighted by Crippen LogP contribution is 2.31. The second kappa shape index (κ2) is 4.48. The van der Waals surface area contributed by atoms with Gasteiger partial charge in [0.25, 0.3) is 5.69 Å². The van der Waals surface area contributed by atoms with E-state index >= 15 is 0 Å². The molecular formula is C12H16N6O2. The van der Waals surface area contributed by atoms with Crippen molar-refractivity contribution in [2.45, 2.75) is 26.4 Å². The van der Waals surface area contributed by atoms with Gasteiger partial charge in [-0.3, -0.25) is 15.0 Å². The molecule has 1 aromatic carbocycles. The summed E-state index contributed by atoms with van der Waals surface area (Å²) in [6.07, 6.45) is 0. The van der Waals surface area contributed by atoms with Crippen molar-refractivity contribution in [1.82, 2.24) is 0 Å². The molecule has 0 spiro atoms. The minimum Gasteiger partial charge on any atom is -0.369 e. The van der Waals surface area contributed by atoms with Crippen LogP contribution in [0.1, 0.15) is 19.4 Å². The highest BCUT2D eigenvalue weighted by molar-refractivity contribution is 6.05. The largest absolute Gasteiger partial charge is 0.369 e. The van der Waals surface area contributed by atoms with Crippen LogP contribution in [0.4, 0.5) is 11.4 Å². The number of aryl methyl sites for hydroxylation is 1. The van der Waals surface area contributed by atoms with Crippen LogP contribution >= 0.6 is 0 Å². The van der Waals surface area contributed by atoms with Crippen molar-refractivity contribution in [1.29, 1.82) is 0 Å². The van der Waals surface area contributed by atoms with E-state index in [-0.39, 0.29) is 17.6 Å². The van der Waals surface area contributed by atoms with Gasteiger partial charge in [-0.15, -0.1) is 0 Å². The van der Waals surface area contributed by atoms with Gasteiger partial charge in [-0.1, -0.05) is 6.07 Å². The Labute approximate surface area is 115 Å². The lowest BCUT2D eigenvalue weighted by atomic mass is 10.1. The molecule has 0 amide bonds. The molecule has 0 fully saturated rings. The summed E-state index contributed by atoms with van der Waals surface area (Å²) in [6, 6.07) is 4.86. The first kappa shape index (κ1) is 13.8. The third-order valence-electron chi connectivity index (χ3n) is 3.04. The van der Waals surface area contributed by atoms with Crippen LogP contribution in [0.3, 0.4) is 0 Å². The Balaban J connectivity index is 2.54. The minimum atomic E-state index is -0.765. The Bertz CT molecular complexity index is 635. The number of benzene rings is 1. The average Bonchev–Trinajstić information content (AvgIpc) is 2.28. The van der Waals surface area contributed by atoms with Crippen molar-refractivity contribution in [2.75, 3.05) is 4.90 Å². The Kier molecular flexibility index (Phi) is 3.09. The summed E-state index contributed by atoms with van der Waals surface area (Å²) >= 11 is 0. The number of guanidine groups is 2. The topological polar surface area (TPSA) is 123 Å². The molecule has 8 heteroatoms. The van der Waals surface area contributed by atoms with Crippen LogP contribution in [0.15, 0.2) is 28.2 Å². The summed E-state index contributed by atoms with van der Waals surface area (Å²) in [5.41, 5.74) is 11.9. The van der Waals surface area contributed by atoms with E-state index in [2.05, 4.69) is 9.98 Å². The molecule has 106 valence electrons. The molecule has 8 nitrogen and oxygen atoms in total. The smallest absolute Gasteiger partial charge is 0.274 e. The zero-order valence-electron chi connectivity index (χ0n) is 11.5. The van der Waals surface area contributed by atoms with E-state index in [0.29, 0.717) is 11.3 Å². The lowest BCUT2D eigenvalue weighted by Gasteiger charge is -2.38. The van der Waals surface area contributed by atoms with Gasteiger partial charge in [0, 0.05) is 11.6 Å². The van der Waals surface area contributed by atoms with Crippen LogP contribution in [0.2, 0.25) is 0 Å². The summed E-state index contributed by atoms with van der Waals surface area (Å²) in [6.45, 7) is 5.27. The summed E-state index contributed by atoms with van der Waals surface area (Å²) in [5.74, 6) is 0.242. The van der Waals surface area contributed by atoms with Gasteiger partial charge in [-0.2, -0.15) is 4.99 Å². The van der Waals surface area contributed by atoms with E-state index in [0.717, 1.165) is 0 Å². The first-order valence-electron chi connectivity index (χ1n) is 5.97. The van der Waals surface area contributed by atoms with Crippen LogP contribution in [0, 0.1) is 17.0 Å². The fourth-order valence-electron chi connectivity index (χ4n) is 2.18. The molecule has 1 heterocycles. The van der Waals surface area contributed by atoms with E-state index in [1.165, 1.54) is 6.07 Å². The molecule has 1 aromatic rings. The maximum absolute atomic E-state index is 11.0.